The normalized spacial score (nSPS) is 16.9. The van der Waals surface area contributed by atoms with Crippen LogP contribution in [-0.4, -0.2) is 65.6 Å². The van der Waals surface area contributed by atoms with E-state index in [0.29, 0.717) is 0 Å². The number of nitrogens with zero attached hydrogens (tertiary/aromatic N) is 2. The maximum Gasteiger partial charge on any atom is 0.393 e. The number of methoxy groups -OCH3 is 1. The van der Waals surface area contributed by atoms with E-state index in [4.69, 9.17) is 0 Å². The lowest BCUT2D eigenvalue weighted by Crippen LogP contribution is -2.46. The SMILES string of the molecule is COC(=O)C=CCC[C@H](NC(C)=O)C(=O)Nc1cccn(CC(=O)N2CCCC(C(F)(F)F)C2)c1=O. The van der Waals surface area contributed by atoms with Gasteiger partial charge in [0.1, 0.15) is 18.3 Å². The largest absolute Gasteiger partial charge is 0.466 e. The number of hydrogen-bond acceptors (Lipinski definition) is 6. The number of carbonyl (C=O) groups is 4. The van der Waals surface area contributed by atoms with Crippen LogP contribution >= 0.6 is 0 Å². The predicted octanol–water partition coefficient (Wildman–Crippen LogP) is 1.60. The van der Waals surface area contributed by atoms with Crippen molar-refractivity contribution in [3.63, 3.8) is 0 Å². The highest BCUT2D eigenvalue weighted by Crippen LogP contribution is 2.33. The number of carbonyl (C=O) groups excluding carboxylic acids is 4. The summed E-state index contributed by atoms with van der Waals surface area (Å²) in [6.07, 6.45) is 0.0593. The van der Waals surface area contributed by atoms with Gasteiger partial charge >= 0.3 is 12.1 Å². The van der Waals surface area contributed by atoms with Crippen molar-refractivity contribution in [2.75, 3.05) is 25.5 Å². The van der Waals surface area contributed by atoms with E-state index in [1.54, 1.807) is 0 Å². The Hall–Kier alpha value is -3.64. The molecule has 2 atom stereocenters. The van der Waals surface area contributed by atoms with Gasteiger partial charge in [-0.15, -0.1) is 0 Å². The highest BCUT2D eigenvalue weighted by Gasteiger charge is 2.42. The molecule has 198 valence electrons. The Morgan fingerprint density at radius 2 is 2.00 bits per heavy atom. The molecule has 0 aliphatic carbocycles. The number of ether oxygens (including phenoxy) is 1. The predicted molar refractivity (Wildman–Crippen MR) is 123 cm³/mol. The second kappa shape index (κ2) is 12.9. The van der Waals surface area contributed by atoms with E-state index in [0.717, 1.165) is 9.47 Å². The highest BCUT2D eigenvalue weighted by atomic mass is 19.4. The lowest BCUT2D eigenvalue weighted by molar-refractivity contribution is -0.188. The average molecular weight is 515 g/mol. The molecule has 1 aromatic heterocycles. The molecule has 1 unspecified atom stereocenters. The number of aromatic nitrogens is 1. The van der Waals surface area contributed by atoms with Gasteiger partial charge in [0.25, 0.3) is 5.56 Å². The van der Waals surface area contributed by atoms with Crippen molar-refractivity contribution < 1.29 is 37.1 Å². The quantitative estimate of drug-likeness (QED) is 0.381. The van der Waals surface area contributed by atoms with Crippen LogP contribution in [0.2, 0.25) is 0 Å². The summed E-state index contributed by atoms with van der Waals surface area (Å²) in [5.74, 6) is -3.99. The molecule has 3 amide bonds. The maximum atomic E-state index is 13.1. The van der Waals surface area contributed by atoms with E-state index >= 15 is 0 Å². The topological polar surface area (TPSA) is 127 Å². The summed E-state index contributed by atoms with van der Waals surface area (Å²) >= 11 is 0. The van der Waals surface area contributed by atoms with E-state index in [1.165, 1.54) is 44.5 Å². The zero-order valence-corrected chi connectivity index (χ0v) is 20.0. The van der Waals surface area contributed by atoms with Crippen LogP contribution in [0.4, 0.5) is 18.9 Å². The summed E-state index contributed by atoms with van der Waals surface area (Å²) in [5, 5.41) is 4.89. The Bertz CT molecular complexity index is 1050. The molecule has 1 fully saturated rings. The molecule has 0 radical (unpaired) electrons. The van der Waals surface area contributed by atoms with Crippen molar-refractivity contribution in [1.82, 2.24) is 14.8 Å². The van der Waals surface area contributed by atoms with Gasteiger partial charge in [0, 0.05) is 32.3 Å². The van der Waals surface area contributed by atoms with E-state index in [-0.39, 0.29) is 37.9 Å². The van der Waals surface area contributed by atoms with Crippen LogP contribution in [0.25, 0.3) is 0 Å². The molecular formula is C23H29F3N4O6. The molecular weight excluding hydrogens is 485 g/mol. The van der Waals surface area contributed by atoms with Crippen molar-refractivity contribution in [3.8, 4) is 0 Å². The Balaban J connectivity index is 2.08. The number of alkyl halides is 3. The van der Waals surface area contributed by atoms with Crippen molar-refractivity contribution in [3.05, 3.63) is 40.8 Å². The van der Waals surface area contributed by atoms with Crippen LogP contribution in [-0.2, 0) is 30.5 Å². The Kier molecular flexibility index (Phi) is 10.2. The van der Waals surface area contributed by atoms with Crippen molar-refractivity contribution in [1.29, 1.82) is 0 Å². The molecule has 36 heavy (non-hydrogen) atoms. The number of piperidine rings is 1. The number of pyridine rings is 1. The molecule has 2 N–H and O–H groups in total. The van der Waals surface area contributed by atoms with Crippen molar-refractivity contribution >= 4 is 29.4 Å². The van der Waals surface area contributed by atoms with Gasteiger partial charge in [0.2, 0.25) is 17.7 Å². The molecule has 2 heterocycles. The number of hydrogen-bond donors (Lipinski definition) is 2. The molecule has 13 heteroatoms. The summed E-state index contributed by atoms with van der Waals surface area (Å²) in [7, 11) is 1.21. The van der Waals surface area contributed by atoms with E-state index in [9.17, 15) is 37.1 Å². The van der Waals surface area contributed by atoms with E-state index in [2.05, 4.69) is 15.4 Å². The first-order valence-electron chi connectivity index (χ1n) is 11.3. The second-order valence-electron chi connectivity index (χ2n) is 8.32. The lowest BCUT2D eigenvalue weighted by Gasteiger charge is -2.33. The first kappa shape index (κ1) is 28.6. The van der Waals surface area contributed by atoms with Crippen LogP contribution in [0.3, 0.4) is 0 Å². The summed E-state index contributed by atoms with van der Waals surface area (Å²) < 4.78 is 44.6. The van der Waals surface area contributed by atoms with Gasteiger partial charge in [-0.05, 0) is 37.8 Å². The third-order valence-corrected chi connectivity index (χ3v) is 5.59. The standard InChI is InChI=1S/C23H29F3N4O6/c1-15(31)27-17(8-3-4-10-20(33)36-2)21(34)28-18-9-6-12-30(22(18)35)14-19(32)29-11-5-7-16(13-29)23(24,25)26/h4,6,9-10,12,16-17H,3,5,7-8,11,13-14H2,1-2H3,(H,27,31)(H,28,34)/t16?,17-/m0/s1. The summed E-state index contributed by atoms with van der Waals surface area (Å²) in [4.78, 5) is 61.9. The number of rotatable bonds is 9. The zero-order valence-electron chi connectivity index (χ0n) is 20.0. The first-order chi connectivity index (χ1) is 16.9. The molecule has 1 saturated heterocycles. The van der Waals surface area contributed by atoms with Crippen LogP contribution in [0.15, 0.2) is 35.3 Å². The Labute approximate surface area is 205 Å². The van der Waals surface area contributed by atoms with Gasteiger partial charge in [-0.25, -0.2) is 4.79 Å². The number of anilines is 1. The fraction of sp³-hybridized carbons (Fsp3) is 0.522. The average Bonchev–Trinajstić information content (AvgIpc) is 2.82. The van der Waals surface area contributed by atoms with E-state index < -0.39 is 60.5 Å². The number of nitrogens with one attached hydrogen (secondary N) is 2. The highest BCUT2D eigenvalue weighted by molar-refractivity contribution is 5.96. The monoisotopic (exact) mass is 514 g/mol. The molecule has 0 bridgehead atoms. The fourth-order valence-corrected chi connectivity index (χ4v) is 3.72. The van der Waals surface area contributed by atoms with Crippen LogP contribution in [0, 0.1) is 5.92 Å². The minimum atomic E-state index is -4.40. The molecule has 1 aliphatic heterocycles. The molecule has 2 rings (SSSR count). The summed E-state index contributed by atoms with van der Waals surface area (Å²) in [5.41, 5.74) is -0.890. The summed E-state index contributed by atoms with van der Waals surface area (Å²) in [6.45, 7) is 0.436. The number of amides is 3. The Morgan fingerprint density at radius 3 is 2.64 bits per heavy atom. The van der Waals surface area contributed by atoms with Crippen molar-refractivity contribution in [2.45, 2.75) is 51.4 Å². The number of esters is 1. The number of halogens is 3. The third kappa shape index (κ3) is 8.54. The fourth-order valence-electron chi connectivity index (χ4n) is 3.72. The first-order valence-corrected chi connectivity index (χ1v) is 11.3. The summed E-state index contributed by atoms with van der Waals surface area (Å²) in [6, 6.07) is 1.70. The van der Waals surface area contributed by atoms with E-state index in [1.807, 2.05) is 0 Å². The minimum absolute atomic E-state index is 0.0529. The molecule has 1 aliphatic rings. The second-order valence-corrected chi connectivity index (χ2v) is 8.32. The van der Waals surface area contributed by atoms with Gasteiger partial charge in [-0.2, -0.15) is 13.2 Å². The lowest BCUT2D eigenvalue weighted by atomic mass is 9.97. The molecule has 0 saturated carbocycles. The molecule has 10 nitrogen and oxygen atoms in total. The minimum Gasteiger partial charge on any atom is -0.466 e. The van der Waals surface area contributed by atoms with Crippen LogP contribution < -0.4 is 16.2 Å². The maximum absolute atomic E-state index is 13.1. The van der Waals surface area contributed by atoms with Gasteiger partial charge in [0.15, 0.2) is 0 Å². The van der Waals surface area contributed by atoms with Gasteiger partial charge < -0.3 is 24.8 Å². The Morgan fingerprint density at radius 1 is 1.28 bits per heavy atom. The van der Waals surface area contributed by atoms with Crippen molar-refractivity contribution in [2.24, 2.45) is 5.92 Å². The molecule has 0 spiro atoms. The van der Waals surface area contributed by atoms with Crippen LogP contribution in [0.5, 0.6) is 0 Å². The van der Waals surface area contributed by atoms with Gasteiger partial charge in [-0.1, -0.05) is 6.08 Å². The van der Waals surface area contributed by atoms with Crippen LogP contribution in [0.1, 0.15) is 32.6 Å². The molecule has 1 aromatic rings. The third-order valence-electron chi connectivity index (χ3n) is 5.59. The number of likely N-dealkylation sites (tertiary alicyclic amines) is 1. The smallest absolute Gasteiger partial charge is 0.393 e. The van der Waals surface area contributed by atoms with Gasteiger partial charge in [0.05, 0.1) is 13.0 Å². The molecule has 0 aromatic carbocycles. The zero-order chi connectivity index (χ0) is 26.9. The van der Waals surface area contributed by atoms with Gasteiger partial charge in [-0.3, -0.25) is 19.2 Å². The number of allylic oxidation sites excluding steroid dienone is 1.